The number of aliphatic hydroxyl groups is 2. The van der Waals surface area contributed by atoms with Crippen molar-refractivity contribution in [2.75, 3.05) is 12.3 Å². The van der Waals surface area contributed by atoms with Gasteiger partial charge in [0.05, 0.1) is 40.2 Å². The molecule has 170 valence electrons. The maximum atomic E-state index is 11.1. The fraction of sp³-hybridized carbons (Fsp3) is 0.348. The number of fused-ring (bicyclic) bond motifs is 2. The van der Waals surface area contributed by atoms with Crippen molar-refractivity contribution in [3.05, 3.63) is 58.0 Å². The smallest absolute Gasteiger partial charge is 0.145 e. The minimum Gasteiger partial charge on any atom is -0.390 e. The summed E-state index contributed by atoms with van der Waals surface area (Å²) in [5.74, 6) is 0.434. The predicted octanol–water partition coefficient (Wildman–Crippen LogP) is 3.79. The Labute approximate surface area is 202 Å². The molecule has 0 radical (unpaired) electrons. The van der Waals surface area contributed by atoms with Crippen LogP contribution in [0.2, 0.25) is 5.15 Å². The first-order chi connectivity index (χ1) is 15.9. The molecule has 5 atom stereocenters. The summed E-state index contributed by atoms with van der Waals surface area (Å²) >= 11 is 9.61. The molecule has 1 spiro atoms. The van der Waals surface area contributed by atoms with Crippen LogP contribution in [0.5, 0.6) is 0 Å². The van der Waals surface area contributed by atoms with Gasteiger partial charge >= 0.3 is 0 Å². The molecule has 6 rings (SSSR count). The van der Waals surface area contributed by atoms with Crippen molar-refractivity contribution in [2.24, 2.45) is 5.41 Å². The van der Waals surface area contributed by atoms with Gasteiger partial charge in [-0.3, -0.25) is 0 Å². The molecule has 4 heterocycles. The topological polar surface area (TPSA) is 119 Å². The minimum atomic E-state index is -0.952. The molecular weight excluding hydrogens is 510 g/mol. The monoisotopic (exact) mass is 529 g/mol. The largest absolute Gasteiger partial charge is 0.390 e. The molecule has 0 bridgehead atoms. The van der Waals surface area contributed by atoms with Crippen LogP contribution in [0.1, 0.15) is 30.6 Å². The van der Waals surface area contributed by atoms with Crippen molar-refractivity contribution >= 4 is 55.3 Å². The number of nitrogens with two attached hydrogens (primary N) is 1. The Hall–Kier alpha value is -2.30. The predicted molar refractivity (Wildman–Crippen MR) is 128 cm³/mol. The number of aromatic nitrogens is 4. The third-order valence-corrected chi connectivity index (χ3v) is 8.07. The second kappa shape index (κ2) is 7.61. The summed E-state index contributed by atoms with van der Waals surface area (Å²) in [4.78, 5) is 12.8. The standard InChI is InChI=1S/C23H21BrClN5O3/c24-14-5-11-1-2-12(6-15(11)29-21(14)26)17-8-23(9-33-17)7-16(18(31)19(23)32)30-4-3-13-20(25)27-10-28-22(13)30/h1-6,10,16-19,31-32H,7-9H2,(H2,26,29). The average Bonchev–Trinajstić information content (AvgIpc) is 3.48. The van der Waals surface area contributed by atoms with Gasteiger partial charge in [-0.15, -0.1) is 0 Å². The first-order valence-corrected chi connectivity index (χ1v) is 11.8. The molecule has 3 aromatic heterocycles. The van der Waals surface area contributed by atoms with Gasteiger partial charge in [-0.05, 0) is 52.5 Å². The lowest BCUT2D eigenvalue weighted by atomic mass is 9.80. The Balaban J connectivity index is 1.30. The van der Waals surface area contributed by atoms with Crippen LogP contribution in [0.15, 0.2) is 47.3 Å². The highest BCUT2D eigenvalue weighted by molar-refractivity contribution is 9.10. The summed E-state index contributed by atoms with van der Waals surface area (Å²) in [6, 6.07) is 9.42. The van der Waals surface area contributed by atoms with Gasteiger partial charge in [0.2, 0.25) is 0 Å². The number of ether oxygens (including phenoxy) is 1. The summed E-state index contributed by atoms with van der Waals surface area (Å²) in [5.41, 5.74) is 7.80. The van der Waals surface area contributed by atoms with Crippen LogP contribution in [-0.4, -0.2) is 48.5 Å². The van der Waals surface area contributed by atoms with Crippen molar-refractivity contribution < 1.29 is 14.9 Å². The molecule has 0 amide bonds. The Morgan fingerprint density at radius 1 is 1.18 bits per heavy atom. The van der Waals surface area contributed by atoms with Crippen molar-refractivity contribution in [1.29, 1.82) is 0 Å². The van der Waals surface area contributed by atoms with Crippen molar-refractivity contribution in [1.82, 2.24) is 19.5 Å². The van der Waals surface area contributed by atoms with E-state index in [2.05, 4.69) is 30.9 Å². The Morgan fingerprint density at radius 2 is 2.03 bits per heavy atom. The molecule has 10 heteroatoms. The Bertz CT molecular complexity index is 1400. The first kappa shape index (κ1) is 21.2. The lowest BCUT2D eigenvalue weighted by Gasteiger charge is -2.26. The summed E-state index contributed by atoms with van der Waals surface area (Å²) in [6.07, 6.45) is 2.31. The van der Waals surface area contributed by atoms with Crippen LogP contribution in [0, 0.1) is 5.41 Å². The number of halogens is 2. The van der Waals surface area contributed by atoms with E-state index in [4.69, 9.17) is 22.1 Å². The van der Waals surface area contributed by atoms with E-state index in [1.165, 1.54) is 6.33 Å². The third kappa shape index (κ3) is 3.25. The average molecular weight is 531 g/mol. The van der Waals surface area contributed by atoms with E-state index in [1.54, 1.807) is 0 Å². The number of hydrogen-bond acceptors (Lipinski definition) is 7. The molecule has 1 aliphatic carbocycles. The van der Waals surface area contributed by atoms with Crippen LogP contribution < -0.4 is 5.73 Å². The molecule has 5 unspecified atom stereocenters. The summed E-state index contributed by atoms with van der Waals surface area (Å²) in [6.45, 7) is 0.356. The number of benzene rings is 1. The van der Waals surface area contributed by atoms with Gasteiger partial charge in [-0.25, -0.2) is 15.0 Å². The Kier molecular flexibility index (Phi) is 4.90. The lowest BCUT2D eigenvalue weighted by Crippen LogP contribution is -2.37. The summed E-state index contributed by atoms with van der Waals surface area (Å²) in [5, 5.41) is 24.2. The fourth-order valence-electron chi connectivity index (χ4n) is 5.39. The number of rotatable bonds is 2. The number of aliphatic hydroxyl groups excluding tert-OH is 2. The van der Waals surface area contributed by atoms with Gasteiger partial charge in [-0.1, -0.05) is 23.7 Å². The first-order valence-electron chi connectivity index (χ1n) is 10.7. The van der Waals surface area contributed by atoms with Gasteiger partial charge in [0.25, 0.3) is 0 Å². The molecule has 1 aromatic carbocycles. The summed E-state index contributed by atoms with van der Waals surface area (Å²) < 4.78 is 8.82. The van der Waals surface area contributed by atoms with Crippen LogP contribution in [-0.2, 0) is 4.74 Å². The van der Waals surface area contributed by atoms with E-state index in [-0.39, 0.29) is 12.1 Å². The van der Waals surface area contributed by atoms with E-state index in [0.29, 0.717) is 36.1 Å². The molecule has 8 nitrogen and oxygen atoms in total. The molecule has 33 heavy (non-hydrogen) atoms. The number of pyridine rings is 1. The zero-order valence-electron chi connectivity index (χ0n) is 17.4. The summed E-state index contributed by atoms with van der Waals surface area (Å²) in [7, 11) is 0. The van der Waals surface area contributed by atoms with Crippen LogP contribution in [0.4, 0.5) is 5.82 Å². The normalized spacial score (nSPS) is 29.6. The van der Waals surface area contributed by atoms with Gasteiger partial charge in [0, 0.05) is 17.0 Å². The van der Waals surface area contributed by atoms with E-state index in [0.717, 1.165) is 26.3 Å². The zero-order valence-corrected chi connectivity index (χ0v) is 19.7. The van der Waals surface area contributed by atoms with Gasteiger partial charge < -0.3 is 25.3 Å². The highest BCUT2D eigenvalue weighted by Gasteiger charge is 2.57. The number of hydrogen-bond donors (Lipinski definition) is 3. The Morgan fingerprint density at radius 3 is 2.88 bits per heavy atom. The van der Waals surface area contributed by atoms with E-state index in [1.807, 2.05) is 41.1 Å². The van der Waals surface area contributed by atoms with Gasteiger partial charge in [-0.2, -0.15) is 0 Å². The highest BCUT2D eigenvalue weighted by Crippen LogP contribution is 2.55. The van der Waals surface area contributed by atoms with Crippen LogP contribution >= 0.6 is 27.5 Å². The van der Waals surface area contributed by atoms with E-state index in [9.17, 15) is 10.2 Å². The maximum Gasteiger partial charge on any atom is 0.145 e. The second-order valence-electron chi connectivity index (χ2n) is 9.01. The van der Waals surface area contributed by atoms with Gasteiger partial charge in [0.15, 0.2) is 0 Å². The molecule has 1 aliphatic heterocycles. The van der Waals surface area contributed by atoms with Gasteiger partial charge in [0.1, 0.15) is 29.0 Å². The third-order valence-electron chi connectivity index (χ3n) is 7.14. The molecular formula is C23H21BrClN5O3. The van der Waals surface area contributed by atoms with Crippen molar-refractivity contribution in [2.45, 2.75) is 37.2 Å². The molecule has 2 aliphatic rings. The lowest BCUT2D eigenvalue weighted by molar-refractivity contribution is -0.0309. The van der Waals surface area contributed by atoms with Crippen molar-refractivity contribution in [3.8, 4) is 0 Å². The van der Waals surface area contributed by atoms with E-state index >= 15 is 0 Å². The maximum absolute atomic E-state index is 11.1. The molecule has 1 saturated carbocycles. The SMILES string of the molecule is Nc1nc2cc(C3CC4(CO3)CC(n3ccc5c(Cl)ncnc53)C(O)C4O)ccc2cc1Br. The van der Waals surface area contributed by atoms with Crippen molar-refractivity contribution in [3.63, 3.8) is 0 Å². The molecule has 1 saturated heterocycles. The number of anilines is 1. The minimum absolute atomic E-state index is 0.208. The highest BCUT2D eigenvalue weighted by atomic mass is 79.9. The molecule has 4 aromatic rings. The van der Waals surface area contributed by atoms with Crippen LogP contribution in [0.25, 0.3) is 21.9 Å². The van der Waals surface area contributed by atoms with Crippen LogP contribution in [0.3, 0.4) is 0 Å². The quantitative estimate of drug-likeness (QED) is 0.337. The molecule has 2 fully saturated rings. The fourth-order valence-corrected chi connectivity index (χ4v) is 5.92. The van der Waals surface area contributed by atoms with E-state index < -0.39 is 17.6 Å². The molecule has 4 N–H and O–H groups in total. The number of nitrogen functional groups attached to an aromatic ring is 1. The zero-order chi connectivity index (χ0) is 22.9. The second-order valence-corrected chi connectivity index (χ2v) is 10.2. The number of nitrogens with zero attached hydrogens (tertiary/aromatic N) is 4.